The molecule has 1 N–H and O–H groups in total. The van der Waals surface area contributed by atoms with E-state index in [9.17, 15) is 8.42 Å². The van der Waals surface area contributed by atoms with Gasteiger partial charge in [-0.3, -0.25) is 0 Å². The number of benzene rings is 1. The monoisotopic (exact) mass is 341 g/mol. The Morgan fingerprint density at radius 3 is 2.52 bits per heavy atom. The van der Waals surface area contributed by atoms with Crippen molar-refractivity contribution < 1.29 is 17.9 Å². The molecule has 0 aromatic heterocycles. The average Bonchev–Trinajstić information content (AvgIpc) is 2.42. The number of anilines is 1. The molecule has 1 saturated carbocycles. The van der Waals surface area contributed by atoms with Crippen molar-refractivity contribution in [1.29, 1.82) is 0 Å². The molecular weight excluding hydrogens is 314 g/mol. The molecule has 0 unspecified atom stereocenters. The van der Waals surface area contributed by atoms with E-state index in [4.69, 9.17) is 9.47 Å². The molecule has 0 spiro atoms. The number of ether oxygens (including phenoxy) is 2. The van der Waals surface area contributed by atoms with Crippen LogP contribution in [0.25, 0.3) is 0 Å². The SMILES string of the molecule is COCCOc1ccc(S(C)(=O)=O)cc1NCC1CC(C)(C)C1. The zero-order valence-corrected chi connectivity index (χ0v) is 15.2. The van der Waals surface area contributed by atoms with Crippen LogP contribution in [-0.4, -0.2) is 41.5 Å². The Morgan fingerprint density at radius 2 is 1.96 bits per heavy atom. The van der Waals surface area contributed by atoms with Crippen molar-refractivity contribution in [3.63, 3.8) is 0 Å². The number of sulfone groups is 1. The van der Waals surface area contributed by atoms with Crippen LogP contribution in [0.5, 0.6) is 5.75 Å². The maximum absolute atomic E-state index is 11.8. The number of hydrogen-bond donors (Lipinski definition) is 1. The number of rotatable bonds is 8. The molecule has 1 aromatic carbocycles. The first-order valence-electron chi connectivity index (χ1n) is 7.91. The van der Waals surface area contributed by atoms with Crippen LogP contribution in [-0.2, 0) is 14.6 Å². The Kier molecular flexibility index (Phi) is 5.57. The fraction of sp³-hybridized carbons (Fsp3) is 0.647. The summed E-state index contributed by atoms with van der Waals surface area (Å²) >= 11 is 0. The van der Waals surface area contributed by atoms with Gasteiger partial charge in [-0.25, -0.2) is 8.42 Å². The van der Waals surface area contributed by atoms with Crippen LogP contribution < -0.4 is 10.1 Å². The summed E-state index contributed by atoms with van der Waals surface area (Å²) in [4.78, 5) is 0.299. The van der Waals surface area contributed by atoms with Crippen molar-refractivity contribution in [2.24, 2.45) is 11.3 Å². The lowest BCUT2D eigenvalue weighted by molar-refractivity contribution is 0.106. The van der Waals surface area contributed by atoms with Gasteiger partial charge in [0.25, 0.3) is 0 Å². The van der Waals surface area contributed by atoms with E-state index in [-0.39, 0.29) is 0 Å². The van der Waals surface area contributed by atoms with Crippen molar-refractivity contribution >= 4 is 15.5 Å². The largest absolute Gasteiger partial charge is 0.489 e. The molecule has 1 aromatic rings. The minimum atomic E-state index is -3.24. The fourth-order valence-corrected chi connectivity index (χ4v) is 3.79. The summed E-state index contributed by atoms with van der Waals surface area (Å²) in [7, 11) is -1.62. The van der Waals surface area contributed by atoms with Gasteiger partial charge in [-0.05, 0) is 42.4 Å². The molecule has 0 bridgehead atoms. The zero-order chi connectivity index (χ0) is 17.1. The summed E-state index contributed by atoms with van der Waals surface area (Å²) in [6, 6.07) is 4.94. The normalized spacial score (nSPS) is 17.6. The van der Waals surface area contributed by atoms with E-state index in [1.54, 1.807) is 25.3 Å². The van der Waals surface area contributed by atoms with Crippen molar-refractivity contribution in [3.8, 4) is 5.75 Å². The van der Waals surface area contributed by atoms with Gasteiger partial charge in [0.1, 0.15) is 12.4 Å². The van der Waals surface area contributed by atoms with Crippen LogP contribution >= 0.6 is 0 Å². The minimum Gasteiger partial charge on any atom is -0.489 e. The molecule has 5 nitrogen and oxygen atoms in total. The van der Waals surface area contributed by atoms with Crippen LogP contribution in [0.2, 0.25) is 0 Å². The highest BCUT2D eigenvalue weighted by Gasteiger charge is 2.35. The topological polar surface area (TPSA) is 64.6 Å². The first-order chi connectivity index (χ1) is 10.7. The first-order valence-corrected chi connectivity index (χ1v) is 9.80. The van der Waals surface area contributed by atoms with Gasteiger partial charge in [-0.1, -0.05) is 13.8 Å². The highest BCUT2D eigenvalue weighted by molar-refractivity contribution is 7.90. The third kappa shape index (κ3) is 5.11. The lowest BCUT2D eigenvalue weighted by Gasteiger charge is -2.42. The molecule has 2 rings (SSSR count). The predicted octanol–water partition coefficient (Wildman–Crippen LogP) is 2.96. The Balaban J connectivity index is 2.08. The lowest BCUT2D eigenvalue weighted by Crippen LogP contribution is -2.35. The number of nitrogens with one attached hydrogen (secondary N) is 1. The van der Waals surface area contributed by atoms with Crippen molar-refractivity contribution in [3.05, 3.63) is 18.2 Å². The highest BCUT2D eigenvalue weighted by Crippen LogP contribution is 2.44. The van der Waals surface area contributed by atoms with Gasteiger partial charge >= 0.3 is 0 Å². The Hall–Kier alpha value is -1.27. The van der Waals surface area contributed by atoms with Gasteiger partial charge in [0.15, 0.2) is 9.84 Å². The maximum atomic E-state index is 11.8. The third-order valence-electron chi connectivity index (χ3n) is 4.19. The molecule has 1 aliphatic carbocycles. The molecule has 6 heteroatoms. The van der Waals surface area contributed by atoms with E-state index in [0.29, 0.717) is 35.2 Å². The molecule has 23 heavy (non-hydrogen) atoms. The molecule has 0 aliphatic heterocycles. The lowest BCUT2D eigenvalue weighted by atomic mass is 9.64. The smallest absolute Gasteiger partial charge is 0.175 e. The van der Waals surface area contributed by atoms with Crippen LogP contribution in [0, 0.1) is 11.3 Å². The zero-order valence-electron chi connectivity index (χ0n) is 14.4. The van der Waals surface area contributed by atoms with Gasteiger partial charge in [0.2, 0.25) is 0 Å². The van der Waals surface area contributed by atoms with Crippen molar-refractivity contribution in [2.75, 3.05) is 38.4 Å². The van der Waals surface area contributed by atoms with E-state index in [0.717, 1.165) is 12.2 Å². The second-order valence-corrected chi connectivity index (χ2v) is 9.11. The van der Waals surface area contributed by atoms with Gasteiger partial charge < -0.3 is 14.8 Å². The predicted molar refractivity (Wildman–Crippen MR) is 91.9 cm³/mol. The Morgan fingerprint density at radius 1 is 1.26 bits per heavy atom. The number of hydrogen-bond acceptors (Lipinski definition) is 5. The van der Waals surface area contributed by atoms with E-state index in [1.165, 1.54) is 19.1 Å². The molecule has 130 valence electrons. The van der Waals surface area contributed by atoms with Gasteiger partial charge in [-0.2, -0.15) is 0 Å². The summed E-state index contributed by atoms with van der Waals surface area (Å²) in [6.07, 6.45) is 3.59. The third-order valence-corrected chi connectivity index (χ3v) is 5.30. The van der Waals surface area contributed by atoms with Crippen LogP contribution in [0.4, 0.5) is 5.69 Å². The van der Waals surface area contributed by atoms with E-state index < -0.39 is 9.84 Å². The Bertz CT molecular complexity index is 632. The molecule has 1 aliphatic rings. The van der Waals surface area contributed by atoms with Gasteiger partial charge in [-0.15, -0.1) is 0 Å². The highest BCUT2D eigenvalue weighted by atomic mass is 32.2. The minimum absolute atomic E-state index is 0.299. The standard InChI is InChI=1S/C17H27NO4S/c1-17(2)10-13(11-17)12-18-15-9-14(23(4,19)20)5-6-16(15)22-8-7-21-3/h5-6,9,13,18H,7-8,10-12H2,1-4H3. The molecule has 0 amide bonds. The van der Waals surface area contributed by atoms with Crippen LogP contribution in [0.1, 0.15) is 26.7 Å². The van der Waals surface area contributed by atoms with E-state index in [1.807, 2.05) is 0 Å². The summed E-state index contributed by atoms with van der Waals surface area (Å²) in [5.74, 6) is 1.28. The summed E-state index contributed by atoms with van der Waals surface area (Å²) in [6.45, 7) is 6.29. The number of methoxy groups -OCH3 is 1. The van der Waals surface area contributed by atoms with Crippen molar-refractivity contribution in [1.82, 2.24) is 0 Å². The van der Waals surface area contributed by atoms with Gasteiger partial charge in [0, 0.05) is 19.9 Å². The summed E-state index contributed by atoms with van der Waals surface area (Å²) in [5.41, 5.74) is 1.16. The summed E-state index contributed by atoms with van der Waals surface area (Å²) < 4.78 is 34.2. The molecule has 0 atom stereocenters. The molecule has 0 radical (unpaired) electrons. The van der Waals surface area contributed by atoms with E-state index in [2.05, 4.69) is 19.2 Å². The van der Waals surface area contributed by atoms with E-state index >= 15 is 0 Å². The molecule has 0 heterocycles. The molecule has 1 fully saturated rings. The maximum Gasteiger partial charge on any atom is 0.175 e. The molecular formula is C17H27NO4S. The Labute approximate surface area is 139 Å². The van der Waals surface area contributed by atoms with Crippen LogP contribution in [0.15, 0.2) is 23.1 Å². The second kappa shape index (κ2) is 7.09. The summed E-state index contributed by atoms with van der Waals surface area (Å²) in [5, 5.41) is 3.36. The quantitative estimate of drug-likeness (QED) is 0.737. The fourth-order valence-electron chi connectivity index (χ4n) is 3.14. The first kappa shape index (κ1) is 18.1. The average molecular weight is 341 g/mol. The van der Waals surface area contributed by atoms with Crippen molar-refractivity contribution in [2.45, 2.75) is 31.6 Å². The van der Waals surface area contributed by atoms with Gasteiger partial charge in [0.05, 0.1) is 17.2 Å². The van der Waals surface area contributed by atoms with Crippen LogP contribution in [0.3, 0.4) is 0 Å². The second-order valence-electron chi connectivity index (χ2n) is 7.09. The molecule has 0 saturated heterocycles.